The lowest BCUT2D eigenvalue weighted by Gasteiger charge is -2.18. The lowest BCUT2D eigenvalue weighted by atomic mass is 10.2. The number of hydrogen-bond donors (Lipinski definition) is 2. The van der Waals surface area contributed by atoms with Crippen LogP contribution in [0.5, 0.6) is 0 Å². The fraction of sp³-hybridized carbons (Fsp3) is 0.462. The molecular weight excluding hydrogens is 266 g/mol. The number of nitrogen functional groups attached to an aromatic ring is 1. The number of anilines is 2. The molecule has 1 saturated heterocycles. The van der Waals surface area contributed by atoms with Crippen molar-refractivity contribution in [3.63, 3.8) is 0 Å². The van der Waals surface area contributed by atoms with Crippen LogP contribution in [0.25, 0.3) is 0 Å². The predicted octanol–water partition coefficient (Wildman–Crippen LogP) is 1.58. The number of nitrogens with two attached hydrogens (primary N) is 1. The van der Waals surface area contributed by atoms with Gasteiger partial charge in [0.05, 0.1) is 23.9 Å². The maximum atomic E-state index is 12.0. The van der Waals surface area contributed by atoms with Gasteiger partial charge in [0.15, 0.2) is 0 Å². The molecule has 1 fully saturated rings. The van der Waals surface area contributed by atoms with Gasteiger partial charge in [-0.25, -0.2) is 0 Å². The van der Waals surface area contributed by atoms with Crippen LogP contribution in [0.2, 0.25) is 5.02 Å². The van der Waals surface area contributed by atoms with E-state index < -0.39 is 0 Å². The van der Waals surface area contributed by atoms with Crippen molar-refractivity contribution in [2.24, 2.45) is 0 Å². The standard InChI is InChI=1S/C13H18ClN3O2/c14-11-3-2-10(15)8-12(11)16-13(18)9-17-4-1-6-19-7-5-17/h2-3,8H,1,4-7,9,15H2,(H,16,18). The van der Waals surface area contributed by atoms with Crippen molar-refractivity contribution in [1.82, 2.24) is 4.90 Å². The van der Waals surface area contributed by atoms with Crippen LogP contribution in [0.3, 0.4) is 0 Å². The molecule has 3 N–H and O–H groups in total. The molecule has 0 radical (unpaired) electrons. The lowest BCUT2D eigenvalue weighted by Crippen LogP contribution is -2.35. The van der Waals surface area contributed by atoms with Gasteiger partial charge in [-0.1, -0.05) is 11.6 Å². The van der Waals surface area contributed by atoms with Crippen molar-refractivity contribution >= 4 is 28.9 Å². The quantitative estimate of drug-likeness (QED) is 0.827. The van der Waals surface area contributed by atoms with Gasteiger partial charge in [-0.2, -0.15) is 0 Å². The number of carbonyl (C=O) groups is 1. The Hall–Kier alpha value is -1.30. The number of nitrogens with zero attached hydrogens (tertiary/aromatic N) is 1. The summed E-state index contributed by atoms with van der Waals surface area (Å²) in [6, 6.07) is 5.03. The molecule has 0 unspecified atom stereocenters. The van der Waals surface area contributed by atoms with E-state index in [1.807, 2.05) is 0 Å². The van der Waals surface area contributed by atoms with Gasteiger partial charge < -0.3 is 15.8 Å². The zero-order valence-electron chi connectivity index (χ0n) is 10.7. The van der Waals surface area contributed by atoms with E-state index in [1.54, 1.807) is 18.2 Å². The first-order chi connectivity index (χ1) is 9.15. The van der Waals surface area contributed by atoms with Crippen molar-refractivity contribution in [1.29, 1.82) is 0 Å². The van der Waals surface area contributed by atoms with Gasteiger partial charge in [0.1, 0.15) is 0 Å². The van der Waals surface area contributed by atoms with E-state index in [1.165, 1.54) is 0 Å². The van der Waals surface area contributed by atoms with Gasteiger partial charge in [0.25, 0.3) is 0 Å². The number of carbonyl (C=O) groups excluding carboxylic acids is 1. The Balaban J connectivity index is 1.91. The first kappa shape index (κ1) is 14.1. The van der Waals surface area contributed by atoms with Gasteiger partial charge in [0, 0.05) is 25.4 Å². The third kappa shape index (κ3) is 4.38. The molecule has 1 aliphatic rings. The van der Waals surface area contributed by atoms with Crippen LogP contribution in [-0.2, 0) is 9.53 Å². The summed E-state index contributed by atoms with van der Waals surface area (Å²) in [5.41, 5.74) is 6.80. The molecule has 0 bridgehead atoms. The third-order valence-electron chi connectivity index (χ3n) is 2.95. The third-order valence-corrected chi connectivity index (χ3v) is 3.28. The van der Waals surface area contributed by atoms with Crippen LogP contribution >= 0.6 is 11.6 Å². The second kappa shape index (κ2) is 6.75. The molecule has 0 aromatic heterocycles. The Morgan fingerprint density at radius 2 is 2.26 bits per heavy atom. The van der Waals surface area contributed by atoms with Crippen molar-refractivity contribution in [2.45, 2.75) is 6.42 Å². The minimum absolute atomic E-state index is 0.0885. The van der Waals surface area contributed by atoms with Crippen LogP contribution in [-0.4, -0.2) is 43.7 Å². The van der Waals surface area contributed by atoms with Gasteiger partial charge in [0.2, 0.25) is 5.91 Å². The van der Waals surface area contributed by atoms with Crippen molar-refractivity contribution < 1.29 is 9.53 Å². The normalized spacial score (nSPS) is 16.9. The summed E-state index contributed by atoms with van der Waals surface area (Å²) in [5.74, 6) is -0.0885. The molecule has 19 heavy (non-hydrogen) atoms. The van der Waals surface area contributed by atoms with Gasteiger partial charge in [-0.05, 0) is 24.6 Å². The smallest absolute Gasteiger partial charge is 0.238 e. The Morgan fingerprint density at radius 1 is 1.42 bits per heavy atom. The molecule has 1 amide bonds. The van der Waals surface area contributed by atoms with E-state index >= 15 is 0 Å². The topological polar surface area (TPSA) is 67.6 Å². The highest BCUT2D eigenvalue weighted by Gasteiger charge is 2.14. The van der Waals surface area contributed by atoms with E-state index in [0.717, 1.165) is 26.1 Å². The van der Waals surface area contributed by atoms with Crippen LogP contribution < -0.4 is 11.1 Å². The fourth-order valence-corrected chi connectivity index (χ4v) is 2.15. The molecular formula is C13H18ClN3O2. The van der Waals surface area contributed by atoms with Gasteiger partial charge in [-0.3, -0.25) is 9.69 Å². The highest BCUT2D eigenvalue weighted by Crippen LogP contribution is 2.23. The molecule has 1 heterocycles. The monoisotopic (exact) mass is 283 g/mol. The second-order valence-corrected chi connectivity index (χ2v) is 4.94. The largest absolute Gasteiger partial charge is 0.399 e. The predicted molar refractivity (Wildman–Crippen MR) is 76.4 cm³/mol. The van der Waals surface area contributed by atoms with Crippen LogP contribution in [0.4, 0.5) is 11.4 Å². The number of rotatable bonds is 3. The van der Waals surface area contributed by atoms with Crippen molar-refractivity contribution in [2.75, 3.05) is 43.9 Å². The Labute approximate surface area is 117 Å². The number of ether oxygens (including phenoxy) is 1. The highest BCUT2D eigenvalue weighted by atomic mass is 35.5. The molecule has 5 nitrogen and oxygen atoms in total. The molecule has 0 atom stereocenters. The van der Waals surface area contributed by atoms with Crippen LogP contribution in [0.15, 0.2) is 18.2 Å². The van der Waals surface area contributed by atoms with E-state index in [2.05, 4.69) is 10.2 Å². The Morgan fingerprint density at radius 3 is 3.11 bits per heavy atom. The first-order valence-corrected chi connectivity index (χ1v) is 6.68. The Kier molecular flexibility index (Phi) is 5.01. The molecule has 0 spiro atoms. The maximum absolute atomic E-state index is 12.0. The van der Waals surface area contributed by atoms with Crippen molar-refractivity contribution in [3.05, 3.63) is 23.2 Å². The lowest BCUT2D eigenvalue weighted by molar-refractivity contribution is -0.117. The van der Waals surface area contributed by atoms with Crippen LogP contribution in [0, 0.1) is 0 Å². The minimum Gasteiger partial charge on any atom is -0.399 e. The number of benzene rings is 1. The number of halogens is 1. The van der Waals surface area contributed by atoms with Crippen molar-refractivity contribution in [3.8, 4) is 0 Å². The summed E-state index contributed by atoms with van der Waals surface area (Å²) in [5, 5.41) is 3.27. The van der Waals surface area contributed by atoms with E-state index in [4.69, 9.17) is 22.1 Å². The van der Waals surface area contributed by atoms with E-state index in [-0.39, 0.29) is 5.91 Å². The number of nitrogens with one attached hydrogen (secondary N) is 1. The summed E-state index contributed by atoms with van der Waals surface area (Å²) in [4.78, 5) is 14.0. The maximum Gasteiger partial charge on any atom is 0.238 e. The molecule has 1 aromatic rings. The first-order valence-electron chi connectivity index (χ1n) is 6.30. The molecule has 2 rings (SSSR count). The fourth-order valence-electron chi connectivity index (χ4n) is 1.99. The average Bonchev–Trinajstić information content (AvgIpc) is 2.62. The highest BCUT2D eigenvalue weighted by molar-refractivity contribution is 6.33. The van der Waals surface area contributed by atoms with E-state index in [9.17, 15) is 4.79 Å². The molecule has 104 valence electrons. The summed E-state index contributed by atoms with van der Waals surface area (Å²) < 4.78 is 5.35. The summed E-state index contributed by atoms with van der Waals surface area (Å²) in [7, 11) is 0. The Bertz CT molecular complexity index is 446. The summed E-state index contributed by atoms with van der Waals surface area (Å²) in [6.07, 6.45) is 0.951. The second-order valence-electron chi connectivity index (χ2n) is 4.53. The van der Waals surface area contributed by atoms with E-state index in [0.29, 0.717) is 29.5 Å². The SMILES string of the molecule is Nc1ccc(Cl)c(NC(=O)CN2CCCOCC2)c1. The molecule has 0 aliphatic carbocycles. The molecule has 1 aliphatic heterocycles. The summed E-state index contributed by atoms with van der Waals surface area (Å²) in [6.45, 7) is 3.43. The zero-order chi connectivity index (χ0) is 13.7. The molecule has 6 heteroatoms. The average molecular weight is 284 g/mol. The number of hydrogen-bond acceptors (Lipinski definition) is 4. The summed E-state index contributed by atoms with van der Waals surface area (Å²) >= 11 is 6.01. The van der Waals surface area contributed by atoms with Gasteiger partial charge >= 0.3 is 0 Å². The number of amides is 1. The zero-order valence-corrected chi connectivity index (χ0v) is 11.4. The van der Waals surface area contributed by atoms with Gasteiger partial charge in [-0.15, -0.1) is 0 Å². The minimum atomic E-state index is -0.0885. The molecule has 0 saturated carbocycles. The molecule has 1 aromatic carbocycles. The van der Waals surface area contributed by atoms with Crippen LogP contribution in [0.1, 0.15) is 6.42 Å².